The summed E-state index contributed by atoms with van der Waals surface area (Å²) in [5, 5.41) is 2.28. The molecule has 0 atom stereocenters. The highest BCUT2D eigenvalue weighted by atomic mass is 16.7. The van der Waals surface area contributed by atoms with Crippen LogP contribution in [0.5, 0.6) is 0 Å². The Balaban J connectivity index is 4.13. The second-order valence-electron chi connectivity index (χ2n) is 2.04. The van der Waals surface area contributed by atoms with Crippen LogP contribution >= 0.6 is 0 Å². The molecule has 0 aliphatic heterocycles. The van der Waals surface area contributed by atoms with Gasteiger partial charge < -0.3 is 18.9 Å². The maximum atomic E-state index is 11.1. The molecule has 14 heavy (non-hydrogen) atoms. The Morgan fingerprint density at radius 2 is 1.64 bits per heavy atom. The maximum Gasteiger partial charge on any atom is 0.392 e. The molecule has 0 heterocycles. The number of amides is 2. The Labute approximate surface area is 82.0 Å². The zero-order valence-electron chi connectivity index (χ0n) is 8.57. The summed E-state index contributed by atoms with van der Waals surface area (Å²) in [6.45, 7) is 0. The van der Waals surface area contributed by atoms with Gasteiger partial charge in [-0.3, -0.25) is 5.32 Å². The number of carbonyl (C=O) groups is 1. The molecule has 0 fully saturated rings. The number of urea groups is 1. The molecule has 0 rings (SSSR count). The van der Waals surface area contributed by atoms with Crippen LogP contribution in [0.3, 0.4) is 0 Å². The lowest BCUT2D eigenvalue weighted by atomic mass is 10.9. The predicted octanol–water partition coefficient (Wildman–Crippen LogP) is -0.0788. The molecule has 0 aromatic rings. The van der Waals surface area contributed by atoms with E-state index < -0.39 is 12.4 Å². The molecule has 82 valence electrons. The number of ether oxygens (including phenoxy) is 4. The third kappa shape index (κ3) is 4.63. The minimum absolute atomic E-state index is 0.145. The molecule has 0 spiro atoms. The lowest BCUT2D eigenvalue weighted by Crippen LogP contribution is -2.36. The smallest absolute Gasteiger partial charge is 0.392 e. The lowest BCUT2D eigenvalue weighted by Gasteiger charge is -2.12. The number of methoxy groups -OCH3 is 4. The molecule has 7 heteroatoms. The molecule has 0 aliphatic rings. The van der Waals surface area contributed by atoms with Crippen LogP contribution in [0.15, 0.2) is 4.99 Å². The molecule has 0 radical (unpaired) electrons. The van der Waals surface area contributed by atoms with Gasteiger partial charge in [0.2, 0.25) is 6.41 Å². The number of aliphatic imine (C=N–C) groups is 1. The first-order valence-corrected chi connectivity index (χ1v) is 3.70. The van der Waals surface area contributed by atoms with Crippen molar-refractivity contribution in [1.82, 2.24) is 5.32 Å². The molecule has 0 aromatic carbocycles. The summed E-state index contributed by atoms with van der Waals surface area (Å²) in [5.41, 5.74) is 0. The van der Waals surface area contributed by atoms with Crippen molar-refractivity contribution >= 4 is 12.1 Å². The van der Waals surface area contributed by atoms with Crippen LogP contribution in [-0.4, -0.2) is 47.0 Å². The van der Waals surface area contributed by atoms with Gasteiger partial charge in [0.05, 0.1) is 14.2 Å². The largest absolute Gasteiger partial charge is 0.454 e. The highest BCUT2D eigenvalue weighted by molar-refractivity contribution is 5.86. The zero-order valence-corrected chi connectivity index (χ0v) is 8.57. The van der Waals surface area contributed by atoms with Gasteiger partial charge in [0.25, 0.3) is 0 Å². The molecule has 7 nitrogen and oxygen atoms in total. The van der Waals surface area contributed by atoms with Crippen molar-refractivity contribution in [3.05, 3.63) is 0 Å². The van der Waals surface area contributed by atoms with Crippen LogP contribution < -0.4 is 5.32 Å². The molecule has 0 unspecified atom stereocenters. The van der Waals surface area contributed by atoms with E-state index in [9.17, 15) is 4.79 Å². The van der Waals surface area contributed by atoms with Crippen molar-refractivity contribution in [2.45, 2.75) is 6.41 Å². The monoisotopic (exact) mass is 206 g/mol. The molecular weight excluding hydrogens is 192 g/mol. The number of carbonyl (C=O) groups excluding carboxylic acids is 1. The minimum Gasteiger partial charge on any atom is -0.454 e. The summed E-state index contributed by atoms with van der Waals surface area (Å²) in [6.07, 6.45) is -0.991. The first-order chi connectivity index (χ1) is 6.67. The Morgan fingerprint density at radius 1 is 1.14 bits per heavy atom. The fourth-order valence-electron chi connectivity index (χ4n) is 0.605. The van der Waals surface area contributed by atoms with E-state index in [1.807, 2.05) is 0 Å². The Bertz CT molecular complexity index is 196. The molecule has 0 saturated heterocycles. The summed E-state index contributed by atoms with van der Waals surface area (Å²) in [6, 6.07) is -0.683. The normalized spacial score (nSPS) is 9.50. The van der Waals surface area contributed by atoms with Gasteiger partial charge in [0.1, 0.15) is 0 Å². The van der Waals surface area contributed by atoms with Crippen LogP contribution in [0, 0.1) is 0 Å². The van der Waals surface area contributed by atoms with Crippen LogP contribution in [-0.2, 0) is 18.9 Å². The molecule has 2 amide bonds. The topological polar surface area (TPSA) is 78.4 Å². The van der Waals surface area contributed by atoms with Gasteiger partial charge >= 0.3 is 12.1 Å². The second kappa shape index (κ2) is 7.10. The lowest BCUT2D eigenvalue weighted by molar-refractivity contribution is -0.114. The summed E-state index contributed by atoms with van der Waals surface area (Å²) in [5.74, 6) is 0. The quantitative estimate of drug-likeness (QED) is 0.397. The van der Waals surface area contributed by atoms with Crippen molar-refractivity contribution in [1.29, 1.82) is 0 Å². The first kappa shape index (κ1) is 12.7. The summed E-state index contributed by atoms with van der Waals surface area (Å²) >= 11 is 0. The average molecular weight is 206 g/mol. The molecule has 0 bridgehead atoms. The van der Waals surface area contributed by atoms with Gasteiger partial charge in [-0.15, -0.1) is 4.99 Å². The predicted molar refractivity (Wildman–Crippen MR) is 47.8 cm³/mol. The van der Waals surface area contributed by atoms with Crippen molar-refractivity contribution in [2.75, 3.05) is 28.4 Å². The van der Waals surface area contributed by atoms with Crippen molar-refractivity contribution in [3.8, 4) is 0 Å². The van der Waals surface area contributed by atoms with Crippen molar-refractivity contribution in [2.24, 2.45) is 4.99 Å². The van der Waals surface area contributed by atoms with Crippen LogP contribution in [0.4, 0.5) is 4.79 Å². The maximum absolute atomic E-state index is 11.1. The van der Waals surface area contributed by atoms with E-state index in [1.54, 1.807) is 0 Å². The molecule has 0 aliphatic carbocycles. The molecule has 0 aromatic heterocycles. The van der Waals surface area contributed by atoms with E-state index >= 15 is 0 Å². The summed E-state index contributed by atoms with van der Waals surface area (Å²) < 4.78 is 18.6. The fourth-order valence-corrected chi connectivity index (χ4v) is 0.605. The molecule has 0 saturated carbocycles. The van der Waals surface area contributed by atoms with E-state index in [4.69, 9.17) is 9.47 Å². The first-order valence-electron chi connectivity index (χ1n) is 3.70. The van der Waals surface area contributed by atoms with Gasteiger partial charge in [-0.1, -0.05) is 0 Å². The number of nitrogens with zero attached hydrogens (tertiary/aromatic N) is 1. The van der Waals surface area contributed by atoms with Crippen molar-refractivity contribution < 1.29 is 23.7 Å². The van der Waals surface area contributed by atoms with E-state index in [0.717, 1.165) is 0 Å². The second-order valence-corrected chi connectivity index (χ2v) is 2.04. The highest BCUT2D eigenvalue weighted by Gasteiger charge is 2.10. The number of hydrogen-bond acceptors (Lipinski definition) is 5. The van der Waals surface area contributed by atoms with Gasteiger partial charge in [-0.05, 0) is 0 Å². The Hall–Kier alpha value is -1.34. The zero-order chi connectivity index (χ0) is 11.0. The number of hydrogen-bond donors (Lipinski definition) is 1. The van der Waals surface area contributed by atoms with Gasteiger partial charge in [0.15, 0.2) is 0 Å². The molecular formula is C7H14N2O5. The van der Waals surface area contributed by atoms with E-state index in [2.05, 4.69) is 19.8 Å². The number of nitrogens with one attached hydrogen (secondary N) is 1. The van der Waals surface area contributed by atoms with E-state index in [0.29, 0.717) is 0 Å². The summed E-state index contributed by atoms with van der Waals surface area (Å²) in [7, 11) is 5.43. The van der Waals surface area contributed by atoms with Crippen LogP contribution in [0.1, 0.15) is 0 Å². The number of rotatable bonds is 3. The SMILES string of the molecule is COC(=NC(=O)NC(OC)OC)OC. The average Bonchev–Trinajstić information content (AvgIpc) is 2.22. The third-order valence-electron chi connectivity index (χ3n) is 1.21. The Kier molecular flexibility index (Phi) is 6.42. The fraction of sp³-hybridized carbons (Fsp3) is 0.714. The minimum atomic E-state index is -0.846. The van der Waals surface area contributed by atoms with E-state index in [1.165, 1.54) is 28.4 Å². The van der Waals surface area contributed by atoms with Crippen molar-refractivity contribution in [3.63, 3.8) is 0 Å². The highest BCUT2D eigenvalue weighted by Crippen LogP contribution is 1.88. The summed E-state index contributed by atoms with van der Waals surface area (Å²) in [4.78, 5) is 14.5. The molecule has 1 N–H and O–H groups in total. The Morgan fingerprint density at radius 3 is 2.00 bits per heavy atom. The van der Waals surface area contributed by atoms with Crippen LogP contribution in [0.25, 0.3) is 0 Å². The van der Waals surface area contributed by atoms with Gasteiger partial charge in [0, 0.05) is 14.2 Å². The van der Waals surface area contributed by atoms with Gasteiger partial charge in [-0.25, -0.2) is 4.79 Å². The van der Waals surface area contributed by atoms with Gasteiger partial charge in [-0.2, -0.15) is 0 Å². The van der Waals surface area contributed by atoms with E-state index in [-0.39, 0.29) is 6.08 Å². The standard InChI is InChI=1S/C7H14N2O5/c1-11-6(12-2)8-5(10)9-7(13-3)14-4/h6H,1-4H3,(H,8,10). The third-order valence-corrected chi connectivity index (χ3v) is 1.21. The van der Waals surface area contributed by atoms with Crippen LogP contribution in [0.2, 0.25) is 0 Å².